The minimum Gasteiger partial charge on any atom is -0.449 e. The van der Waals surface area contributed by atoms with Gasteiger partial charge < -0.3 is 20.1 Å². The van der Waals surface area contributed by atoms with Gasteiger partial charge in [0.15, 0.2) is 0 Å². The van der Waals surface area contributed by atoms with Gasteiger partial charge in [-0.2, -0.15) is 0 Å². The minimum absolute atomic E-state index is 0.0351. The maximum atomic E-state index is 14.3. The smallest absolute Gasteiger partial charge is 0.407 e. The number of amides is 1. The highest BCUT2D eigenvalue weighted by Crippen LogP contribution is 2.35. The number of carbonyl (C=O) groups is 1. The van der Waals surface area contributed by atoms with E-state index >= 15 is 0 Å². The van der Waals surface area contributed by atoms with E-state index in [-0.39, 0.29) is 25.2 Å². The van der Waals surface area contributed by atoms with Crippen LogP contribution in [0.1, 0.15) is 18.4 Å². The number of aliphatic hydroxyl groups is 1. The molecule has 1 amide bonds. The Labute approximate surface area is 164 Å². The third-order valence-corrected chi connectivity index (χ3v) is 5.17. The van der Waals surface area contributed by atoms with Gasteiger partial charge in [0.05, 0.1) is 24.3 Å². The van der Waals surface area contributed by atoms with Crippen molar-refractivity contribution < 1.29 is 27.8 Å². The Morgan fingerprint density at radius 2 is 1.86 bits per heavy atom. The van der Waals surface area contributed by atoms with E-state index < -0.39 is 29.1 Å². The molecule has 0 atom stereocenters. The van der Waals surface area contributed by atoms with Crippen LogP contribution in [-0.2, 0) is 11.2 Å². The average molecular weight is 404 g/mol. The van der Waals surface area contributed by atoms with E-state index in [0.29, 0.717) is 35.0 Å². The number of aromatic amines is 1. The predicted octanol–water partition coefficient (Wildman–Crippen LogP) is 4.05. The van der Waals surface area contributed by atoms with Crippen LogP contribution in [0.5, 0.6) is 0 Å². The van der Waals surface area contributed by atoms with Gasteiger partial charge in [-0.3, -0.25) is 0 Å². The van der Waals surface area contributed by atoms with E-state index in [4.69, 9.17) is 4.74 Å². The molecule has 3 N–H and O–H groups in total. The maximum absolute atomic E-state index is 14.3. The summed E-state index contributed by atoms with van der Waals surface area (Å²) in [6.07, 6.45) is 0.912. The van der Waals surface area contributed by atoms with Crippen LogP contribution in [0.2, 0.25) is 0 Å². The molecule has 0 radical (unpaired) electrons. The lowest BCUT2D eigenvalue weighted by Crippen LogP contribution is -2.40. The fourth-order valence-corrected chi connectivity index (χ4v) is 3.37. The molecule has 4 rings (SSSR count). The van der Waals surface area contributed by atoms with E-state index in [1.165, 1.54) is 30.3 Å². The lowest BCUT2D eigenvalue weighted by Gasteiger charge is -2.14. The molecule has 1 heterocycles. The molecule has 0 spiro atoms. The third kappa shape index (κ3) is 3.93. The lowest BCUT2D eigenvalue weighted by atomic mass is 10.0. The number of rotatable bonds is 6. The summed E-state index contributed by atoms with van der Waals surface area (Å²) in [5.74, 6) is -1.88. The summed E-state index contributed by atoms with van der Waals surface area (Å²) < 4.78 is 46.5. The van der Waals surface area contributed by atoms with Crippen molar-refractivity contribution >= 4 is 17.0 Å². The fraction of sp³-hybridized carbons (Fsp3) is 0.286. The van der Waals surface area contributed by atoms with Gasteiger partial charge in [-0.15, -0.1) is 0 Å². The number of carbonyl (C=O) groups excluding carboxylic acids is 1. The largest absolute Gasteiger partial charge is 0.449 e. The first-order chi connectivity index (χ1) is 13.9. The second kappa shape index (κ2) is 7.44. The number of halogens is 3. The summed E-state index contributed by atoms with van der Waals surface area (Å²) in [7, 11) is 0. The van der Waals surface area contributed by atoms with Crippen LogP contribution in [-0.4, -0.2) is 34.9 Å². The Morgan fingerprint density at radius 1 is 1.14 bits per heavy atom. The number of aromatic nitrogens is 1. The van der Waals surface area contributed by atoms with Crippen molar-refractivity contribution in [3.8, 4) is 11.3 Å². The van der Waals surface area contributed by atoms with E-state index in [9.17, 15) is 23.1 Å². The van der Waals surface area contributed by atoms with Crippen LogP contribution in [0.3, 0.4) is 0 Å². The Kier molecular flexibility index (Phi) is 4.96. The Morgan fingerprint density at radius 3 is 2.52 bits per heavy atom. The average Bonchev–Trinajstić information content (AvgIpc) is 3.36. The monoisotopic (exact) mass is 404 g/mol. The molecule has 0 bridgehead atoms. The van der Waals surface area contributed by atoms with Crippen LogP contribution in [0.25, 0.3) is 22.2 Å². The van der Waals surface area contributed by atoms with Crippen molar-refractivity contribution in [1.82, 2.24) is 10.3 Å². The van der Waals surface area contributed by atoms with Crippen LogP contribution in [0, 0.1) is 17.5 Å². The number of fused-ring (bicyclic) bond motifs is 1. The fourth-order valence-electron chi connectivity index (χ4n) is 3.37. The van der Waals surface area contributed by atoms with Crippen LogP contribution in [0.15, 0.2) is 36.4 Å². The number of alkyl carbamates (subject to hydrolysis) is 1. The molecule has 0 aliphatic heterocycles. The highest BCUT2D eigenvalue weighted by molar-refractivity contribution is 5.91. The zero-order chi connectivity index (χ0) is 20.6. The van der Waals surface area contributed by atoms with E-state index in [1.54, 1.807) is 0 Å². The van der Waals surface area contributed by atoms with Crippen LogP contribution >= 0.6 is 0 Å². The Bertz CT molecular complexity index is 1060. The molecule has 5 nitrogen and oxygen atoms in total. The normalized spacial score (nSPS) is 14.8. The van der Waals surface area contributed by atoms with Crippen LogP contribution < -0.4 is 5.32 Å². The molecule has 8 heteroatoms. The molecule has 0 saturated heterocycles. The van der Waals surface area contributed by atoms with Crippen molar-refractivity contribution in [2.24, 2.45) is 0 Å². The zero-order valence-corrected chi connectivity index (χ0v) is 15.4. The molecule has 1 aliphatic rings. The number of aliphatic hydroxyl groups excluding tert-OH is 1. The molecule has 1 fully saturated rings. The van der Waals surface area contributed by atoms with Crippen molar-refractivity contribution in [2.45, 2.75) is 24.8 Å². The second-order valence-electron chi connectivity index (χ2n) is 7.24. The lowest BCUT2D eigenvalue weighted by molar-refractivity contribution is 0.133. The second-order valence-corrected chi connectivity index (χ2v) is 7.24. The minimum atomic E-state index is -0.744. The molecule has 1 aliphatic carbocycles. The summed E-state index contributed by atoms with van der Waals surface area (Å²) in [6, 6.07) is 7.60. The molecule has 1 aromatic heterocycles. The summed E-state index contributed by atoms with van der Waals surface area (Å²) in [4.78, 5) is 14.9. The summed E-state index contributed by atoms with van der Waals surface area (Å²) in [5.41, 5.74) is 1.19. The first-order valence-corrected chi connectivity index (χ1v) is 9.22. The van der Waals surface area contributed by atoms with Gasteiger partial charge in [0.1, 0.15) is 17.5 Å². The SMILES string of the molecule is O=C(NC1(CO)CC1)OCCc1c(-c2ccc(F)cc2)[nH]c2c(F)cc(F)cc12. The molecule has 29 heavy (non-hydrogen) atoms. The van der Waals surface area contributed by atoms with Crippen molar-refractivity contribution in [3.05, 3.63) is 59.4 Å². The summed E-state index contributed by atoms with van der Waals surface area (Å²) in [6.45, 7) is -0.190. The number of hydrogen-bond donors (Lipinski definition) is 3. The molecule has 0 unspecified atom stereocenters. The highest BCUT2D eigenvalue weighted by Gasteiger charge is 2.43. The van der Waals surface area contributed by atoms with Gasteiger partial charge in [0, 0.05) is 23.6 Å². The molecule has 152 valence electrons. The number of hydrogen-bond acceptors (Lipinski definition) is 3. The van der Waals surface area contributed by atoms with Gasteiger partial charge in [-0.05, 0) is 54.3 Å². The van der Waals surface area contributed by atoms with Crippen molar-refractivity contribution in [1.29, 1.82) is 0 Å². The van der Waals surface area contributed by atoms with Gasteiger partial charge in [0.25, 0.3) is 0 Å². The summed E-state index contributed by atoms with van der Waals surface area (Å²) in [5, 5.41) is 12.2. The van der Waals surface area contributed by atoms with Crippen molar-refractivity contribution in [2.75, 3.05) is 13.2 Å². The first kappa shape index (κ1) is 19.3. The molecule has 1 saturated carbocycles. The topological polar surface area (TPSA) is 74.3 Å². The van der Waals surface area contributed by atoms with Crippen LogP contribution in [0.4, 0.5) is 18.0 Å². The van der Waals surface area contributed by atoms with Gasteiger partial charge in [-0.1, -0.05) is 0 Å². The van der Waals surface area contributed by atoms with Gasteiger partial charge in [-0.25, -0.2) is 18.0 Å². The Hall–Kier alpha value is -3.00. The van der Waals surface area contributed by atoms with E-state index in [2.05, 4.69) is 10.3 Å². The standard InChI is InChI=1S/C21H19F3N2O3/c22-13-3-1-12(2-4-13)18-15(16-9-14(23)10-17(24)19(16)25-18)5-8-29-20(28)26-21(11-27)6-7-21/h1-4,9-10,25,27H,5-8,11H2,(H,26,28). The van der Waals surface area contributed by atoms with Crippen molar-refractivity contribution in [3.63, 3.8) is 0 Å². The quantitative estimate of drug-likeness (QED) is 0.580. The first-order valence-electron chi connectivity index (χ1n) is 9.22. The predicted molar refractivity (Wildman–Crippen MR) is 101 cm³/mol. The molecule has 3 aromatic rings. The highest BCUT2D eigenvalue weighted by atomic mass is 19.1. The van der Waals surface area contributed by atoms with Gasteiger partial charge in [0.2, 0.25) is 0 Å². The maximum Gasteiger partial charge on any atom is 0.407 e. The van der Waals surface area contributed by atoms with E-state index in [0.717, 1.165) is 6.07 Å². The number of H-pyrrole nitrogens is 1. The third-order valence-electron chi connectivity index (χ3n) is 5.17. The molecular formula is C21H19F3N2O3. The molecular weight excluding hydrogens is 385 g/mol. The number of ether oxygens (including phenoxy) is 1. The van der Waals surface area contributed by atoms with E-state index in [1.807, 2.05) is 0 Å². The zero-order valence-electron chi connectivity index (χ0n) is 15.4. The van der Waals surface area contributed by atoms with Gasteiger partial charge >= 0.3 is 6.09 Å². The number of benzene rings is 2. The summed E-state index contributed by atoms with van der Waals surface area (Å²) >= 11 is 0. The number of nitrogens with one attached hydrogen (secondary N) is 2. The Balaban J connectivity index is 1.60. The molecule has 2 aromatic carbocycles.